The molecule has 1 unspecified atom stereocenters. The number of aliphatic imine (C=N–C) groups is 1. The van der Waals surface area contributed by atoms with Crippen molar-refractivity contribution in [3.63, 3.8) is 0 Å². The molecule has 0 aromatic heterocycles. The summed E-state index contributed by atoms with van der Waals surface area (Å²) in [6.07, 6.45) is -0.838. The van der Waals surface area contributed by atoms with Crippen LogP contribution in [0.1, 0.15) is 30.5 Å². The zero-order valence-corrected chi connectivity index (χ0v) is 12.6. The number of hydrogen-bond acceptors (Lipinski definition) is 3. The highest BCUT2D eigenvalue weighted by Gasteiger charge is 2.28. The molecule has 0 amide bonds. The summed E-state index contributed by atoms with van der Waals surface area (Å²) in [6.45, 7) is 6.20. The van der Waals surface area contributed by atoms with Crippen LogP contribution in [0.25, 0.3) is 0 Å². The van der Waals surface area contributed by atoms with Crippen LogP contribution in [0.2, 0.25) is 0 Å². The number of anilines is 1. The van der Waals surface area contributed by atoms with Gasteiger partial charge in [0, 0.05) is 17.2 Å². The van der Waals surface area contributed by atoms with Crippen molar-refractivity contribution in [2.45, 2.75) is 33.2 Å². The average Bonchev–Trinajstić information content (AvgIpc) is 2.46. The molecule has 0 saturated carbocycles. The fraction of sp³-hybridized carbons (Fsp3) is 0.278. The van der Waals surface area contributed by atoms with Gasteiger partial charge in [0.25, 0.3) is 0 Å². The smallest absolute Gasteiger partial charge is 0.226 e. The lowest BCUT2D eigenvalue weighted by molar-refractivity contribution is 0.169. The Bertz CT molecular complexity index is 677. The van der Waals surface area contributed by atoms with E-state index in [1.165, 1.54) is 5.56 Å². The Kier molecular flexibility index (Phi) is 3.52. The average molecular weight is 280 g/mol. The molecule has 0 radical (unpaired) electrons. The predicted octanol–water partition coefficient (Wildman–Crippen LogP) is 3.34. The number of nitrogens with zero attached hydrogens (tertiary/aromatic N) is 2. The first-order chi connectivity index (χ1) is 10.1. The highest BCUT2D eigenvalue weighted by Crippen LogP contribution is 2.32. The molecule has 0 fully saturated rings. The van der Waals surface area contributed by atoms with E-state index in [0.717, 1.165) is 22.5 Å². The second kappa shape index (κ2) is 5.34. The summed E-state index contributed by atoms with van der Waals surface area (Å²) in [5.41, 5.74) is 5.19. The maximum Gasteiger partial charge on any atom is 0.226 e. The van der Waals surface area contributed by atoms with Crippen molar-refractivity contribution in [2.75, 3.05) is 4.90 Å². The molecule has 0 spiro atoms. The van der Waals surface area contributed by atoms with Crippen molar-refractivity contribution < 1.29 is 5.11 Å². The zero-order valence-electron chi connectivity index (χ0n) is 12.6. The number of aryl methyl sites for hydroxylation is 1. The number of hydrogen-bond donors (Lipinski definition) is 1. The third-order valence-corrected chi connectivity index (χ3v) is 3.78. The van der Waals surface area contributed by atoms with Crippen LogP contribution < -0.4 is 4.90 Å². The molecule has 1 aliphatic rings. The van der Waals surface area contributed by atoms with Crippen LogP contribution in [0.3, 0.4) is 0 Å². The van der Waals surface area contributed by atoms with E-state index >= 15 is 0 Å². The van der Waals surface area contributed by atoms with Gasteiger partial charge in [-0.2, -0.15) is 0 Å². The Hall–Kier alpha value is -2.13. The van der Waals surface area contributed by atoms with Crippen molar-refractivity contribution in [1.29, 1.82) is 0 Å². The second-order valence-electron chi connectivity index (χ2n) is 5.71. The summed E-state index contributed by atoms with van der Waals surface area (Å²) in [7, 11) is 0. The fourth-order valence-corrected chi connectivity index (χ4v) is 2.80. The third-order valence-electron chi connectivity index (χ3n) is 3.78. The first-order valence-corrected chi connectivity index (χ1v) is 7.28. The van der Waals surface area contributed by atoms with Gasteiger partial charge in [-0.05, 0) is 32.4 Å². The van der Waals surface area contributed by atoms with E-state index in [1.54, 1.807) is 0 Å². The Morgan fingerprint density at radius 3 is 2.48 bits per heavy atom. The molecule has 1 aliphatic heterocycles. The van der Waals surface area contributed by atoms with Crippen molar-refractivity contribution in [3.05, 3.63) is 65.2 Å². The van der Waals surface area contributed by atoms with Gasteiger partial charge >= 0.3 is 0 Å². The summed E-state index contributed by atoms with van der Waals surface area (Å²) < 4.78 is 0. The molecule has 1 atom stereocenters. The summed E-state index contributed by atoms with van der Waals surface area (Å²) in [6, 6.07) is 16.5. The van der Waals surface area contributed by atoms with E-state index in [1.807, 2.05) is 35.2 Å². The highest BCUT2D eigenvalue weighted by atomic mass is 16.3. The van der Waals surface area contributed by atoms with E-state index in [9.17, 15) is 5.11 Å². The van der Waals surface area contributed by atoms with Gasteiger partial charge in [0.05, 0.1) is 11.4 Å². The Balaban J connectivity index is 2.19. The molecule has 2 aromatic rings. The molecule has 3 rings (SSSR count). The van der Waals surface area contributed by atoms with Gasteiger partial charge < -0.3 is 10.0 Å². The van der Waals surface area contributed by atoms with Gasteiger partial charge in [0.1, 0.15) is 0 Å². The van der Waals surface area contributed by atoms with Crippen molar-refractivity contribution in [2.24, 2.45) is 4.99 Å². The normalized spacial score (nSPS) is 17.7. The van der Waals surface area contributed by atoms with Crippen molar-refractivity contribution >= 4 is 11.4 Å². The molecular weight excluding hydrogens is 260 g/mol. The van der Waals surface area contributed by atoms with E-state index in [-0.39, 0.29) is 6.04 Å². The van der Waals surface area contributed by atoms with E-state index in [4.69, 9.17) is 0 Å². The third kappa shape index (κ3) is 2.45. The van der Waals surface area contributed by atoms with E-state index in [2.05, 4.69) is 44.0 Å². The lowest BCUT2D eigenvalue weighted by atomic mass is 9.96. The zero-order chi connectivity index (χ0) is 15.0. The molecule has 2 aromatic carbocycles. The molecule has 108 valence electrons. The quantitative estimate of drug-likeness (QED) is 0.916. The SMILES string of the molecule is Cc1ccc2c(c1)N(C(C)C)C(O)N=C2c1ccccc1. The maximum atomic E-state index is 10.4. The van der Waals surface area contributed by atoms with Gasteiger partial charge in [0.15, 0.2) is 0 Å². The molecule has 21 heavy (non-hydrogen) atoms. The van der Waals surface area contributed by atoms with Crippen LogP contribution in [-0.2, 0) is 0 Å². The fourth-order valence-electron chi connectivity index (χ4n) is 2.80. The van der Waals surface area contributed by atoms with Gasteiger partial charge in [-0.15, -0.1) is 0 Å². The predicted molar refractivity (Wildman–Crippen MR) is 86.9 cm³/mol. The molecule has 0 bridgehead atoms. The van der Waals surface area contributed by atoms with Crippen LogP contribution in [0.5, 0.6) is 0 Å². The van der Waals surface area contributed by atoms with Gasteiger partial charge in [-0.25, -0.2) is 4.99 Å². The lowest BCUT2D eigenvalue weighted by Gasteiger charge is -2.37. The minimum Gasteiger partial charge on any atom is -0.355 e. The number of rotatable bonds is 2. The lowest BCUT2D eigenvalue weighted by Crippen LogP contribution is -2.43. The van der Waals surface area contributed by atoms with Gasteiger partial charge in [-0.3, -0.25) is 0 Å². The van der Waals surface area contributed by atoms with Gasteiger partial charge in [-0.1, -0.05) is 42.5 Å². The molecule has 3 nitrogen and oxygen atoms in total. The number of aliphatic hydroxyl groups is 1. The molecular formula is C18H20N2O. The van der Waals surface area contributed by atoms with Crippen LogP contribution >= 0.6 is 0 Å². The topological polar surface area (TPSA) is 35.8 Å². The summed E-state index contributed by atoms with van der Waals surface area (Å²) in [4.78, 5) is 6.48. The van der Waals surface area contributed by atoms with Crippen LogP contribution in [0, 0.1) is 6.92 Å². The standard InChI is InChI=1S/C18H20N2O/c1-12(2)20-16-11-13(3)9-10-15(16)17(19-18(20)21)14-7-5-4-6-8-14/h4-12,18,21H,1-3H3. The summed E-state index contributed by atoms with van der Waals surface area (Å²) >= 11 is 0. The van der Waals surface area contributed by atoms with Gasteiger partial charge in [0.2, 0.25) is 6.35 Å². The van der Waals surface area contributed by atoms with Crippen LogP contribution in [-0.4, -0.2) is 23.2 Å². The van der Waals surface area contributed by atoms with Crippen LogP contribution in [0.4, 0.5) is 5.69 Å². The summed E-state index contributed by atoms with van der Waals surface area (Å²) in [5, 5.41) is 10.4. The molecule has 0 saturated heterocycles. The molecule has 0 aliphatic carbocycles. The Morgan fingerprint density at radius 1 is 1.10 bits per heavy atom. The van der Waals surface area contributed by atoms with E-state index < -0.39 is 6.35 Å². The second-order valence-corrected chi connectivity index (χ2v) is 5.71. The minimum atomic E-state index is -0.838. The Morgan fingerprint density at radius 2 is 1.81 bits per heavy atom. The highest BCUT2D eigenvalue weighted by molar-refractivity contribution is 6.17. The molecule has 3 heteroatoms. The van der Waals surface area contributed by atoms with Crippen LogP contribution in [0.15, 0.2) is 53.5 Å². The van der Waals surface area contributed by atoms with Crippen molar-refractivity contribution in [1.82, 2.24) is 0 Å². The molecule has 1 heterocycles. The van der Waals surface area contributed by atoms with E-state index in [0.29, 0.717) is 0 Å². The minimum absolute atomic E-state index is 0.182. The Labute approximate surface area is 125 Å². The first kappa shape index (κ1) is 13.8. The summed E-state index contributed by atoms with van der Waals surface area (Å²) in [5.74, 6) is 0. The number of benzene rings is 2. The largest absolute Gasteiger partial charge is 0.355 e. The number of fused-ring (bicyclic) bond motifs is 1. The van der Waals surface area contributed by atoms with Crippen molar-refractivity contribution in [3.8, 4) is 0 Å². The number of aliphatic hydroxyl groups excluding tert-OH is 1. The maximum absolute atomic E-state index is 10.4. The molecule has 1 N–H and O–H groups in total. The first-order valence-electron chi connectivity index (χ1n) is 7.28. The monoisotopic (exact) mass is 280 g/mol.